The summed E-state index contributed by atoms with van der Waals surface area (Å²) in [5.74, 6) is 1.13. The first-order valence-corrected chi connectivity index (χ1v) is 8.02. The molecule has 0 aliphatic heterocycles. The Balaban J connectivity index is 1.97. The van der Waals surface area contributed by atoms with Crippen molar-refractivity contribution in [3.8, 4) is 0 Å². The van der Waals surface area contributed by atoms with E-state index in [1.54, 1.807) is 0 Å². The summed E-state index contributed by atoms with van der Waals surface area (Å²) in [5, 5.41) is 0. The van der Waals surface area contributed by atoms with Crippen LogP contribution in [0.4, 0.5) is 0 Å². The third-order valence-corrected chi connectivity index (χ3v) is 5.69. The zero-order valence-corrected chi connectivity index (χ0v) is 13.8. The molecule has 22 heavy (non-hydrogen) atoms. The number of aromatic amines is 1. The van der Waals surface area contributed by atoms with E-state index in [0.29, 0.717) is 6.61 Å². The molecule has 1 aliphatic carbocycles. The fourth-order valence-electron chi connectivity index (χ4n) is 3.77. The predicted octanol–water partition coefficient (Wildman–Crippen LogP) is 4.04. The topological polar surface area (TPSA) is 55.0 Å². The van der Waals surface area contributed by atoms with Crippen LogP contribution in [0.15, 0.2) is 24.3 Å². The zero-order chi connectivity index (χ0) is 16.0. The summed E-state index contributed by atoms with van der Waals surface area (Å²) < 4.78 is 5.34. The minimum atomic E-state index is -0.466. The number of nitrogens with zero attached hydrogens (tertiary/aromatic N) is 1. The molecule has 118 valence electrons. The number of aromatic nitrogens is 2. The number of nitrogens with one attached hydrogen (secondary N) is 1. The van der Waals surface area contributed by atoms with Gasteiger partial charge in [-0.3, -0.25) is 4.79 Å². The van der Waals surface area contributed by atoms with Crippen LogP contribution in [0.1, 0.15) is 52.3 Å². The Kier molecular flexibility index (Phi) is 3.50. The highest BCUT2D eigenvalue weighted by Crippen LogP contribution is 2.59. The molecule has 4 nitrogen and oxygen atoms in total. The van der Waals surface area contributed by atoms with E-state index in [-0.39, 0.29) is 17.3 Å². The lowest BCUT2D eigenvalue weighted by molar-refractivity contribution is -0.160. The van der Waals surface area contributed by atoms with Crippen molar-refractivity contribution in [1.29, 1.82) is 0 Å². The number of imidazole rings is 1. The van der Waals surface area contributed by atoms with Gasteiger partial charge in [0.1, 0.15) is 5.82 Å². The lowest BCUT2D eigenvalue weighted by Crippen LogP contribution is -2.41. The van der Waals surface area contributed by atoms with Crippen LogP contribution in [-0.2, 0) is 9.53 Å². The summed E-state index contributed by atoms with van der Waals surface area (Å²) in [7, 11) is 0. The SMILES string of the molecule is CCOC(=O)C1(C)CCC(c2nc3ccccc3[nH]2)C1(C)C. The fourth-order valence-corrected chi connectivity index (χ4v) is 3.77. The molecule has 0 amide bonds. The van der Waals surface area contributed by atoms with Crippen LogP contribution in [0.3, 0.4) is 0 Å². The first-order chi connectivity index (χ1) is 10.4. The molecule has 4 heteroatoms. The molecule has 1 aliphatic rings. The van der Waals surface area contributed by atoms with Crippen molar-refractivity contribution in [2.24, 2.45) is 10.8 Å². The number of ether oxygens (including phenoxy) is 1. The van der Waals surface area contributed by atoms with Crippen LogP contribution < -0.4 is 0 Å². The number of hydrogen-bond acceptors (Lipinski definition) is 3. The first-order valence-electron chi connectivity index (χ1n) is 8.02. The van der Waals surface area contributed by atoms with E-state index in [9.17, 15) is 4.79 Å². The van der Waals surface area contributed by atoms with Gasteiger partial charge in [-0.05, 0) is 44.2 Å². The molecule has 2 aromatic rings. The van der Waals surface area contributed by atoms with Crippen LogP contribution in [0.2, 0.25) is 0 Å². The summed E-state index contributed by atoms with van der Waals surface area (Å²) in [6, 6.07) is 8.06. The molecule has 0 spiro atoms. The Hall–Kier alpha value is -1.84. The van der Waals surface area contributed by atoms with Crippen molar-refractivity contribution >= 4 is 17.0 Å². The fraction of sp³-hybridized carbons (Fsp3) is 0.556. The molecule has 1 heterocycles. The van der Waals surface area contributed by atoms with E-state index in [2.05, 4.69) is 18.8 Å². The molecule has 1 saturated carbocycles. The molecule has 3 rings (SSSR count). The minimum absolute atomic E-state index is 0.0846. The molecule has 2 unspecified atom stereocenters. The highest BCUT2D eigenvalue weighted by atomic mass is 16.5. The smallest absolute Gasteiger partial charge is 0.312 e. The molecular formula is C18H24N2O2. The second-order valence-electron chi connectivity index (χ2n) is 7.00. The van der Waals surface area contributed by atoms with Crippen LogP contribution in [0.5, 0.6) is 0 Å². The monoisotopic (exact) mass is 300 g/mol. The van der Waals surface area contributed by atoms with Crippen LogP contribution >= 0.6 is 0 Å². The minimum Gasteiger partial charge on any atom is -0.466 e. The van der Waals surface area contributed by atoms with Gasteiger partial charge in [0.15, 0.2) is 0 Å². The predicted molar refractivity (Wildman–Crippen MR) is 86.6 cm³/mol. The number of esters is 1. The van der Waals surface area contributed by atoms with Gasteiger partial charge >= 0.3 is 5.97 Å². The molecule has 2 atom stereocenters. The highest BCUT2D eigenvalue weighted by Gasteiger charge is 2.57. The van der Waals surface area contributed by atoms with Crippen molar-refractivity contribution in [2.45, 2.75) is 46.5 Å². The van der Waals surface area contributed by atoms with E-state index >= 15 is 0 Å². The Morgan fingerprint density at radius 1 is 1.36 bits per heavy atom. The third kappa shape index (κ3) is 2.04. The highest BCUT2D eigenvalue weighted by molar-refractivity contribution is 5.79. The summed E-state index contributed by atoms with van der Waals surface area (Å²) in [4.78, 5) is 20.7. The van der Waals surface area contributed by atoms with Gasteiger partial charge in [-0.1, -0.05) is 26.0 Å². The Labute approximate surface area is 131 Å². The van der Waals surface area contributed by atoms with Gasteiger partial charge in [-0.25, -0.2) is 4.98 Å². The lowest BCUT2D eigenvalue weighted by atomic mass is 9.65. The number of para-hydroxylation sites is 2. The molecule has 1 fully saturated rings. The Morgan fingerprint density at radius 2 is 2.09 bits per heavy atom. The van der Waals surface area contributed by atoms with Gasteiger partial charge < -0.3 is 9.72 Å². The van der Waals surface area contributed by atoms with Gasteiger partial charge in [-0.2, -0.15) is 0 Å². The Morgan fingerprint density at radius 3 is 2.77 bits per heavy atom. The average molecular weight is 300 g/mol. The van der Waals surface area contributed by atoms with Gasteiger partial charge in [0.05, 0.1) is 23.1 Å². The van der Waals surface area contributed by atoms with Crippen LogP contribution in [0.25, 0.3) is 11.0 Å². The standard InChI is InChI=1S/C18H24N2O2/c1-5-22-16(21)18(4)11-10-12(17(18,2)3)15-19-13-8-6-7-9-14(13)20-15/h6-9,12H,5,10-11H2,1-4H3,(H,19,20). The summed E-state index contributed by atoms with van der Waals surface area (Å²) in [6.07, 6.45) is 1.78. The van der Waals surface area contributed by atoms with E-state index in [1.165, 1.54) is 0 Å². The molecule has 1 aromatic heterocycles. The summed E-state index contributed by atoms with van der Waals surface area (Å²) in [5.41, 5.74) is 1.37. The van der Waals surface area contributed by atoms with E-state index in [0.717, 1.165) is 29.7 Å². The van der Waals surface area contributed by atoms with Gasteiger partial charge in [0.2, 0.25) is 0 Å². The molecule has 1 N–H and O–H groups in total. The summed E-state index contributed by atoms with van der Waals surface area (Å²) >= 11 is 0. The van der Waals surface area contributed by atoms with E-state index < -0.39 is 5.41 Å². The third-order valence-electron chi connectivity index (χ3n) is 5.69. The number of carbonyl (C=O) groups is 1. The molecule has 0 radical (unpaired) electrons. The maximum atomic E-state index is 12.5. The second kappa shape index (κ2) is 5.11. The summed E-state index contributed by atoms with van der Waals surface area (Å²) in [6.45, 7) is 8.65. The molecule has 0 saturated heterocycles. The van der Waals surface area contributed by atoms with Gasteiger partial charge in [0.25, 0.3) is 0 Å². The molecule has 1 aromatic carbocycles. The van der Waals surface area contributed by atoms with Crippen LogP contribution in [0, 0.1) is 10.8 Å². The molecular weight excluding hydrogens is 276 g/mol. The number of fused-ring (bicyclic) bond motifs is 1. The maximum absolute atomic E-state index is 12.5. The van der Waals surface area contributed by atoms with Gasteiger partial charge in [0, 0.05) is 5.92 Å². The van der Waals surface area contributed by atoms with Crippen molar-refractivity contribution in [1.82, 2.24) is 9.97 Å². The van der Waals surface area contributed by atoms with Crippen molar-refractivity contribution in [3.63, 3.8) is 0 Å². The van der Waals surface area contributed by atoms with Crippen molar-refractivity contribution in [3.05, 3.63) is 30.1 Å². The van der Waals surface area contributed by atoms with Gasteiger partial charge in [-0.15, -0.1) is 0 Å². The molecule has 0 bridgehead atoms. The Bertz CT molecular complexity index is 671. The normalized spacial score (nSPS) is 27.2. The van der Waals surface area contributed by atoms with E-state index in [4.69, 9.17) is 9.72 Å². The second-order valence-corrected chi connectivity index (χ2v) is 7.00. The van der Waals surface area contributed by atoms with Crippen molar-refractivity contribution < 1.29 is 9.53 Å². The number of benzene rings is 1. The zero-order valence-electron chi connectivity index (χ0n) is 13.8. The largest absolute Gasteiger partial charge is 0.466 e. The lowest BCUT2D eigenvalue weighted by Gasteiger charge is -2.39. The number of carbonyl (C=O) groups excluding carboxylic acids is 1. The average Bonchev–Trinajstić information content (AvgIpc) is 2.99. The number of H-pyrrole nitrogens is 1. The quantitative estimate of drug-likeness (QED) is 0.870. The van der Waals surface area contributed by atoms with Crippen LogP contribution in [-0.4, -0.2) is 22.5 Å². The maximum Gasteiger partial charge on any atom is 0.312 e. The number of rotatable bonds is 3. The van der Waals surface area contributed by atoms with E-state index in [1.807, 2.05) is 38.1 Å². The van der Waals surface area contributed by atoms with Crippen molar-refractivity contribution in [2.75, 3.05) is 6.61 Å². The number of hydrogen-bond donors (Lipinski definition) is 1. The first kappa shape index (κ1) is 15.1.